The van der Waals surface area contributed by atoms with E-state index in [1.165, 1.54) is 23.1 Å². The van der Waals surface area contributed by atoms with Crippen LogP contribution >= 0.6 is 23.1 Å². The van der Waals surface area contributed by atoms with Crippen molar-refractivity contribution in [2.24, 2.45) is 0 Å². The molecule has 0 saturated carbocycles. The van der Waals surface area contributed by atoms with Crippen LogP contribution in [0.4, 0.5) is 5.13 Å². The molecule has 138 valence electrons. The van der Waals surface area contributed by atoms with Crippen LogP contribution < -0.4 is 5.32 Å². The van der Waals surface area contributed by atoms with Crippen molar-refractivity contribution in [3.63, 3.8) is 0 Å². The lowest BCUT2D eigenvalue weighted by atomic mass is 10.1. The molecule has 0 atom stereocenters. The van der Waals surface area contributed by atoms with Gasteiger partial charge >= 0.3 is 0 Å². The second-order valence-corrected chi connectivity index (χ2v) is 8.47. The highest BCUT2D eigenvalue weighted by atomic mass is 32.2. The number of anilines is 1. The van der Waals surface area contributed by atoms with E-state index in [0.717, 1.165) is 32.2 Å². The van der Waals surface area contributed by atoms with E-state index in [9.17, 15) is 10.1 Å². The number of rotatable bonds is 4. The molecule has 0 bridgehead atoms. The zero-order valence-corrected chi connectivity index (χ0v) is 16.9. The molecule has 0 fully saturated rings. The fourth-order valence-electron chi connectivity index (χ4n) is 2.84. The molecular formula is C21H16N4OS2. The van der Waals surface area contributed by atoms with Gasteiger partial charge in [0.05, 0.1) is 27.0 Å². The highest BCUT2D eigenvalue weighted by molar-refractivity contribution is 8.00. The van der Waals surface area contributed by atoms with Crippen molar-refractivity contribution in [1.82, 2.24) is 9.97 Å². The van der Waals surface area contributed by atoms with Crippen molar-refractivity contribution in [2.75, 3.05) is 11.1 Å². The molecule has 2 aromatic heterocycles. The van der Waals surface area contributed by atoms with Crippen molar-refractivity contribution in [2.45, 2.75) is 18.9 Å². The van der Waals surface area contributed by atoms with E-state index in [1.54, 1.807) is 0 Å². The van der Waals surface area contributed by atoms with E-state index in [4.69, 9.17) is 0 Å². The van der Waals surface area contributed by atoms with Gasteiger partial charge in [-0.1, -0.05) is 40.8 Å². The molecule has 0 unspecified atom stereocenters. The number of thioether (sulfide) groups is 1. The van der Waals surface area contributed by atoms with Gasteiger partial charge < -0.3 is 5.32 Å². The predicted octanol–water partition coefficient (Wildman–Crippen LogP) is 5.06. The summed E-state index contributed by atoms with van der Waals surface area (Å²) in [6.45, 7) is 4.03. The normalized spacial score (nSPS) is 10.9. The zero-order chi connectivity index (χ0) is 19.7. The third-order valence-electron chi connectivity index (χ3n) is 4.19. The smallest absolute Gasteiger partial charge is 0.236 e. The van der Waals surface area contributed by atoms with Crippen LogP contribution in [-0.4, -0.2) is 21.6 Å². The van der Waals surface area contributed by atoms with Gasteiger partial charge in [0.15, 0.2) is 5.13 Å². The number of carbonyl (C=O) groups excluding carboxylic acids is 1. The van der Waals surface area contributed by atoms with Crippen LogP contribution in [0.5, 0.6) is 0 Å². The molecule has 4 rings (SSSR count). The van der Waals surface area contributed by atoms with Gasteiger partial charge in [0.1, 0.15) is 11.1 Å². The molecule has 28 heavy (non-hydrogen) atoms. The number of nitriles is 1. The summed E-state index contributed by atoms with van der Waals surface area (Å²) in [5.41, 5.74) is 4.44. The highest BCUT2D eigenvalue weighted by Crippen LogP contribution is 2.28. The summed E-state index contributed by atoms with van der Waals surface area (Å²) < 4.78 is 1.04. The lowest BCUT2D eigenvalue weighted by Crippen LogP contribution is -2.14. The number of nitrogens with one attached hydrogen (secondary N) is 1. The quantitative estimate of drug-likeness (QED) is 0.481. The Hall–Kier alpha value is -2.95. The zero-order valence-electron chi connectivity index (χ0n) is 15.3. The molecule has 5 nitrogen and oxygen atoms in total. The monoisotopic (exact) mass is 404 g/mol. The summed E-state index contributed by atoms with van der Waals surface area (Å²) in [6, 6.07) is 15.9. The molecule has 2 aromatic carbocycles. The first-order valence-corrected chi connectivity index (χ1v) is 10.4. The molecule has 2 heterocycles. The third-order valence-corrected chi connectivity index (χ3v) is 6.11. The van der Waals surface area contributed by atoms with Crippen LogP contribution in [0.1, 0.15) is 16.7 Å². The number of aromatic nitrogens is 2. The Labute approximate surface area is 170 Å². The van der Waals surface area contributed by atoms with Gasteiger partial charge in [-0.2, -0.15) is 5.26 Å². The van der Waals surface area contributed by atoms with E-state index >= 15 is 0 Å². The number of nitrogens with zero attached hydrogens (tertiary/aromatic N) is 3. The number of pyridine rings is 1. The van der Waals surface area contributed by atoms with E-state index in [-0.39, 0.29) is 11.7 Å². The topological polar surface area (TPSA) is 78.7 Å². The number of hydrogen-bond acceptors (Lipinski definition) is 6. The molecule has 0 aliphatic heterocycles. The molecule has 7 heteroatoms. The fourth-order valence-corrected chi connectivity index (χ4v) is 4.59. The van der Waals surface area contributed by atoms with Crippen LogP contribution in [0.3, 0.4) is 0 Å². The molecule has 4 aromatic rings. The molecule has 0 aliphatic rings. The van der Waals surface area contributed by atoms with E-state index in [0.29, 0.717) is 15.7 Å². The predicted molar refractivity (Wildman–Crippen MR) is 115 cm³/mol. The van der Waals surface area contributed by atoms with Crippen LogP contribution in [0, 0.1) is 25.2 Å². The molecular weight excluding hydrogens is 388 g/mol. The number of amides is 1. The van der Waals surface area contributed by atoms with Crippen molar-refractivity contribution >= 4 is 55.3 Å². The first-order valence-electron chi connectivity index (χ1n) is 8.63. The SMILES string of the molecule is Cc1ccc2nc(SCC(=O)Nc3nc4ccc(C)cc4s3)c(C#N)cc2c1. The van der Waals surface area contributed by atoms with E-state index < -0.39 is 0 Å². The van der Waals surface area contributed by atoms with Gasteiger partial charge in [-0.25, -0.2) is 9.97 Å². The summed E-state index contributed by atoms with van der Waals surface area (Å²) in [6.07, 6.45) is 0. The largest absolute Gasteiger partial charge is 0.301 e. The van der Waals surface area contributed by atoms with Gasteiger partial charge in [0.25, 0.3) is 0 Å². The van der Waals surface area contributed by atoms with Gasteiger partial charge in [-0.3, -0.25) is 4.79 Å². The Morgan fingerprint density at radius 2 is 1.86 bits per heavy atom. The summed E-state index contributed by atoms with van der Waals surface area (Å²) in [5.74, 6) is -0.0101. The fraction of sp³-hybridized carbons (Fsp3) is 0.143. The van der Waals surface area contributed by atoms with Crippen molar-refractivity contribution < 1.29 is 4.79 Å². The van der Waals surface area contributed by atoms with Gasteiger partial charge in [0, 0.05) is 5.39 Å². The minimum atomic E-state index is -0.171. The number of fused-ring (bicyclic) bond motifs is 2. The van der Waals surface area contributed by atoms with Crippen molar-refractivity contribution in [3.8, 4) is 6.07 Å². The maximum atomic E-state index is 12.4. The third kappa shape index (κ3) is 3.84. The standard InChI is InChI=1S/C21H16N4OS2/c1-12-3-5-16-14(7-12)9-15(10-22)20(23-16)27-11-19(26)25-21-24-17-6-4-13(2)8-18(17)28-21/h3-9H,11H2,1-2H3,(H,24,25,26). The Morgan fingerprint density at radius 3 is 2.64 bits per heavy atom. The first-order chi connectivity index (χ1) is 13.5. The Kier molecular flexibility index (Phi) is 4.99. The molecule has 0 spiro atoms. The first kappa shape index (κ1) is 18.4. The second-order valence-electron chi connectivity index (χ2n) is 6.48. The Morgan fingerprint density at radius 1 is 1.11 bits per heavy atom. The molecule has 0 radical (unpaired) electrons. The molecule has 1 N–H and O–H groups in total. The number of benzene rings is 2. The summed E-state index contributed by atoms with van der Waals surface area (Å²) in [7, 11) is 0. The number of thiazole rings is 1. The van der Waals surface area contributed by atoms with Crippen LogP contribution in [0.15, 0.2) is 47.5 Å². The van der Waals surface area contributed by atoms with Crippen LogP contribution in [-0.2, 0) is 4.79 Å². The average Bonchev–Trinajstić information content (AvgIpc) is 3.06. The number of carbonyl (C=O) groups is 1. The molecule has 0 aliphatic carbocycles. The highest BCUT2D eigenvalue weighted by Gasteiger charge is 2.12. The van der Waals surface area contributed by atoms with Crippen molar-refractivity contribution in [3.05, 3.63) is 59.2 Å². The Balaban J connectivity index is 1.49. The number of hydrogen-bond donors (Lipinski definition) is 1. The molecule has 1 amide bonds. The summed E-state index contributed by atoms with van der Waals surface area (Å²) >= 11 is 2.71. The van der Waals surface area contributed by atoms with Gasteiger partial charge in [-0.05, 0) is 49.7 Å². The summed E-state index contributed by atoms with van der Waals surface area (Å²) in [5, 5.41) is 14.3. The van der Waals surface area contributed by atoms with E-state index in [1.807, 2.05) is 50.2 Å². The molecule has 0 saturated heterocycles. The summed E-state index contributed by atoms with van der Waals surface area (Å²) in [4.78, 5) is 21.4. The van der Waals surface area contributed by atoms with E-state index in [2.05, 4.69) is 27.4 Å². The maximum Gasteiger partial charge on any atom is 0.236 e. The Bertz CT molecular complexity index is 1260. The minimum Gasteiger partial charge on any atom is -0.301 e. The minimum absolute atomic E-state index is 0.161. The number of aryl methyl sites for hydroxylation is 2. The van der Waals surface area contributed by atoms with Crippen LogP contribution in [0.2, 0.25) is 0 Å². The lowest BCUT2D eigenvalue weighted by molar-refractivity contribution is -0.113. The maximum absolute atomic E-state index is 12.4. The van der Waals surface area contributed by atoms with Gasteiger partial charge in [-0.15, -0.1) is 0 Å². The van der Waals surface area contributed by atoms with Crippen LogP contribution in [0.25, 0.3) is 21.1 Å². The van der Waals surface area contributed by atoms with Crippen molar-refractivity contribution in [1.29, 1.82) is 5.26 Å². The second kappa shape index (κ2) is 7.58. The van der Waals surface area contributed by atoms with Gasteiger partial charge in [0.2, 0.25) is 5.91 Å². The average molecular weight is 405 g/mol. The lowest BCUT2D eigenvalue weighted by Gasteiger charge is -2.06.